The average molecular weight is 516 g/mol. The number of aliphatic hydroxyl groups is 3. The van der Waals surface area contributed by atoms with E-state index in [2.05, 4.69) is 17.0 Å². The van der Waals surface area contributed by atoms with Crippen LogP contribution in [-0.4, -0.2) is 59.2 Å². The van der Waals surface area contributed by atoms with Crippen molar-refractivity contribution < 1.29 is 29.6 Å². The molecule has 0 heterocycles. The van der Waals surface area contributed by atoms with Crippen LogP contribution >= 0.6 is 0 Å². The molecule has 0 aromatic heterocycles. The molecule has 0 radical (unpaired) electrons. The van der Waals surface area contributed by atoms with Crippen molar-refractivity contribution in [2.45, 2.75) is 160 Å². The van der Waals surface area contributed by atoms with Gasteiger partial charge in [-0.3, -0.25) is 9.59 Å². The van der Waals surface area contributed by atoms with Crippen LogP contribution in [-0.2, 0) is 14.3 Å². The van der Waals surface area contributed by atoms with Crippen molar-refractivity contribution in [2.24, 2.45) is 0 Å². The van der Waals surface area contributed by atoms with E-state index in [1.54, 1.807) is 0 Å². The van der Waals surface area contributed by atoms with Crippen molar-refractivity contribution in [2.75, 3.05) is 13.7 Å². The molecule has 0 bridgehead atoms. The van der Waals surface area contributed by atoms with E-state index in [1.807, 2.05) is 0 Å². The van der Waals surface area contributed by atoms with E-state index in [0.717, 1.165) is 57.8 Å². The van der Waals surface area contributed by atoms with E-state index >= 15 is 0 Å². The molecule has 7 heteroatoms. The Kier molecular flexibility index (Phi) is 24.6. The lowest BCUT2D eigenvalue weighted by Crippen LogP contribution is -2.50. The molecule has 0 unspecified atom stereocenters. The second-order valence-electron chi connectivity index (χ2n) is 10.3. The van der Waals surface area contributed by atoms with Crippen LogP contribution in [0.25, 0.3) is 0 Å². The third kappa shape index (κ3) is 21.0. The zero-order valence-electron chi connectivity index (χ0n) is 23.4. The fourth-order valence-electron chi connectivity index (χ4n) is 4.52. The number of methoxy groups -OCH3 is 1. The van der Waals surface area contributed by atoms with Gasteiger partial charge in [0.05, 0.1) is 25.9 Å². The SMILES string of the molecule is CCCCCCCCCCCCCC[C@@H](O)[C@@H](O)[C@H](CO)NC(=O)CCCCCCCCC(=O)OC. The van der Waals surface area contributed by atoms with E-state index in [4.69, 9.17) is 0 Å². The van der Waals surface area contributed by atoms with Gasteiger partial charge >= 0.3 is 5.97 Å². The average Bonchev–Trinajstić information content (AvgIpc) is 2.88. The molecule has 36 heavy (non-hydrogen) atoms. The van der Waals surface area contributed by atoms with Gasteiger partial charge in [0.2, 0.25) is 5.91 Å². The highest BCUT2D eigenvalue weighted by molar-refractivity contribution is 5.76. The number of carbonyl (C=O) groups excluding carboxylic acids is 2. The zero-order chi connectivity index (χ0) is 26.9. The minimum Gasteiger partial charge on any atom is -0.469 e. The Hall–Kier alpha value is -1.18. The van der Waals surface area contributed by atoms with Gasteiger partial charge in [-0.25, -0.2) is 0 Å². The fourth-order valence-corrected chi connectivity index (χ4v) is 4.52. The number of ether oxygens (including phenoxy) is 1. The van der Waals surface area contributed by atoms with Crippen molar-refractivity contribution in [3.8, 4) is 0 Å². The van der Waals surface area contributed by atoms with Crippen molar-refractivity contribution in [1.82, 2.24) is 5.32 Å². The first kappa shape index (κ1) is 34.8. The maximum Gasteiger partial charge on any atom is 0.305 e. The summed E-state index contributed by atoms with van der Waals surface area (Å²) in [6, 6.07) is -0.844. The zero-order valence-corrected chi connectivity index (χ0v) is 23.4. The van der Waals surface area contributed by atoms with E-state index < -0.39 is 24.9 Å². The molecule has 0 saturated carbocycles. The van der Waals surface area contributed by atoms with Gasteiger partial charge in [0.1, 0.15) is 6.10 Å². The summed E-state index contributed by atoms with van der Waals surface area (Å²) in [5.74, 6) is -0.386. The molecule has 0 fully saturated rings. The number of hydrogen-bond acceptors (Lipinski definition) is 6. The number of amides is 1. The molecule has 0 aliphatic rings. The van der Waals surface area contributed by atoms with Crippen LogP contribution < -0.4 is 5.32 Å². The molecule has 3 atom stereocenters. The molecule has 1 amide bonds. The van der Waals surface area contributed by atoms with Crippen LogP contribution in [0.4, 0.5) is 0 Å². The standard InChI is InChI=1S/C29H57NO6/c1-3-4-5-6-7-8-9-10-11-12-15-18-21-26(32)29(35)25(24-31)30-27(33)22-19-16-13-14-17-20-23-28(34)36-2/h25-26,29,31-32,35H,3-24H2,1-2H3,(H,30,33)/t25-,26+,29-/m0/s1. The van der Waals surface area contributed by atoms with Crippen LogP contribution in [0, 0.1) is 0 Å². The Bertz CT molecular complexity index is 516. The van der Waals surface area contributed by atoms with Crippen LogP contribution in [0.1, 0.15) is 142 Å². The lowest BCUT2D eigenvalue weighted by molar-refractivity contribution is -0.140. The van der Waals surface area contributed by atoms with Gasteiger partial charge in [-0.2, -0.15) is 0 Å². The molecule has 0 rings (SSSR count). The first-order chi connectivity index (χ1) is 17.5. The monoisotopic (exact) mass is 515 g/mol. The van der Waals surface area contributed by atoms with Crippen LogP contribution in [0.15, 0.2) is 0 Å². The van der Waals surface area contributed by atoms with E-state index in [-0.39, 0.29) is 11.9 Å². The predicted molar refractivity (Wildman–Crippen MR) is 146 cm³/mol. The van der Waals surface area contributed by atoms with Crippen molar-refractivity contribution >= 4 is 11.9 Å². The Labute approximate surface area is 220 Å². The maximum atomic E-state index is 12.2. The molecule has 214 valence electrons. The summed E-state index contributed by atoms with van der Waals surface area (Å²) in [7, 11) is 1.40. The molecule has 0 aromatic rings. The number of nitrogens with one attached hydrogen (secondary N) is 1. The first-order valence-corrected chi connectivity index (χ1v) is 14.8. The number of aliphatic hydroxyl groups excluding tert-OH is 3. The third-order valence-corrected chi connectivity index (χ3v) is 6.97. The van der Waals surface area contributed by atoms with Crippen LogP contribution in [0.5, 0.6) is 0 Å². The van der Waals surface area contributed by atoms with Gasteiger partial charge in [0.25, 0.3) is 0 Å². The highest BCUT2D eigenvalue weighted by atomic mass is 16.5. The van der Waals surface area contributed by atoms with Gasteiger partial charge in [0.15, 0.2) is 0 Å². The number of unbranched alkanes of at least 4 members (excludes halogenated alkanes) is 16. The van der Waals surface area contributed by atoms with Crippen molar-refractivity contribution in [3.05, 3.63) is 0 Å². The largest absolute Gasteiger partial charge is 0.469 e. The molecule has 0 aromatic carbocycles. The molecular weight excluding hydrogens is 458 g/mol. The highest BCUT2D eigenvalue weighted by Crippen LogP contribution is 2.15. The Morgan fingerprint density at radius 3 is 1.61 bits per heavy atom. The molecule has 0 aliphatic heterocycles. The van der Waals surface area contributed by atoms with Gasteiger partial charge in [0, 0.05) is 12.8 Å². The molecule has 0 aliphatic carbocycles. The summed E-state index contributed by atoms with van der Waals surface area (Å²) in [6.45, 7) is 1.84. The quantitative estimate of drug-likeness (QED) is 0.0884. The number of rotatable bonds is 26. The third-order valence-electron chi connectivity index (χ3n) is 6.97. The van der Waals surface area contributed by atoms with Gasteiger partial charge < -0.3 is 25.4 Å². The Balaban J connectivity index is 3.78. The van der Waals surface area contributed by atoms with Crippen molar-refractivity contribution in [1.29, 1.82) is 0 Å². The number of hydrogen-bond donors (Lipinski definition) is 4. The van der Waals surface area contributed by atoms with E-state index in [1.165, 1.54) is 64.9 Å². The molecule has 4 N–H and O–H groups in total. The summed E-state index contributed by atoms with van der Waals surface area (Å²) >= 11 is 0. The molecule has 7 nitrogen and oxygen atoms in total. The summed E-state index contributed by atoms with van der Waals surface area (Å²) in [5, 5.41) is 33.0. The molecular formula is C29H57NO6. The van der Waals surface area contributed by atoms with Gasteiger partial charge in [-0.05, 0) is 19.3 Å². The van der Waals surface area contributed by atoms with Crippen LogP contribution in [0.2, 0.25) is 0 Å². The normalized spacial score (nSPS) is 13.8. The number of esters is 1. The summed E-state index contributed by atoms with van der Waals surface area (Å²) < 4.78 is 4.61. The molecule has 0 saturated heterocycles. The highest BCUT2D eigenvalue weighted by Gasteiger charge is 2.26. The second-order valence-corrected chi connectivity index (χ2v) is 10.3. The fraction of sp³-hybridized carbons (Fsp3) is 0.931. The minimum absolute atomic E-state index is 0.175. The second kappa shape index (κ2) is 25.5. The molecule has 0 spiro atoms. The first-order valence-electron chi connectivity index (χ1n) is 14.8. The maximum absolute atomic E-state index is 12.2. The summed E-state index contributed by atoms with van der Waals surface area (Å²) in [5.41, 5.74) is 0. The Morgan fingerprint density at radius 2 is 1.14 bits per heavy atom. The minimum atomic E-state index is -1.17. The lowest BCUT2D eigenvalue weighted by atomic mass is 9.99. The van der Waals surface area contributed by atoms with Crippen molar-refractivity contribution in [3.63, 3.8) is 0 Å². The van der Waals surface area contributed by atoms with E-state index in [0.29, 0.717) is 19.3 Å². The summed E-state index contributed by atoms with van der Waals surface area (Å²) in [6.07, 6.45) is 19.5. The van der Waals surface area contributed by atoms with Gasteiger partial charge in [-0.1, -0.05) is 110 Å². The van der Waals surface area contributed by atoms with E-state index in [9.17, 15) is 24.9 Å². The summed E-state index contributed by atoms with van der Waals surface area (Å²) in [4.78, 5) is 23.2. The smallest absolute Gasteiger partial charge is 0.305 e. The Morgan fingerprint density at radius 1 is 0.694 bits per heavy atom. The predicted octanol–water partition coefficient (Wildman–Crippen LogP) is 5.57. The van der Waals surface area contributed by atoms with Crippen LogP contribution in [0.3, 0.4) is 0 Å². The van der Waals surface area contributed by atoms with Gasteiger partial charge in [-0.15, -0.1) is 0 Å². The lowest BCUT2D eigenvalue weighted by Gasteiger charge is -2.26. The topological polar surface area (TPSA) is 116 Å². The number of carbonyl (C=O) groups is 2.